The van der Waals surface area contributed by atoms with Crippen LogP contribution in [0.1, 0.15) is 5.56 Å². The average Bonchev–Trinajstić information content (AvgIpc) is 2.54. The zero-order valence-electron chi connectivity index (χ0n) is 11.6. The van der Waals surface area contributed by atoms with Crippen molar-refractivity contribution in [1.82, 2.24) is 0 Å². The number of benzene rings is 2. The first-order chi connectivity index (χ1) is 10.0. The molecule has 0 N–H and O–H groups in total. The minimum atomic E-state index is -3.71. The third-order valence-electron chi connectivity index (χ3n) is 3.07. The second kappa shape index (κ2) is 5.85. The van der Waals surface area contributed by atoms with Gasteiger partial charge in [0.25, 0.3) is 10.0 Å². The topological polar surface area (TPSA) is 70.4 Å². The van der Waals surface area contributed by atoms with E-state index in [4.69, 9.17) is 10.00 Å². The highest BCUT2D eigenvalue weighted by Crippen LogP contribution is 2.30. The van der Waals surface area contributed by atoms with E-state index in [1.54, 1.807) is 24.3 Å². The van der Waals surface area contributed by atoms with E-state index in [0.717, 1.165) is 4.31 Å². The van der Waals surface area contributed by atoms with E-state index in [1.807, 2.05) is 6.07 Å². The molecule has 2 aromatic carbocycles. The lowest BCUT2D eigenvalue weighted by molar-refractivity contribution is 0.416. The molecule has 0 radical (unpaired) electrons. The highest BCUT2D eigenvalue weighted by Gasteiger charge is 2.23. The number of para-hydroxylation sites is 2. The Morgan fingerprint density at radius 3 is 2.29 bits per heavy atom. The van der Waals surface area contributed by atoms with Crippen LogP contribution in [0.4, 0.5) is 5.69 Å². The van der Waals surface area contributed by atoms with Gasteiger partial charge in [0.2, 0.25) is 0 Å². The Balaban J connectivity index is 2.45. The van der Waals surface area contributed by atoms with E-state index < -0.39 is 10.0 Å². The number of hydrogen-bond donors (Lipinski definition) is 0. The Bertz CT molecular complexity index is 777. The molecular weight excluding hydrogens is 288 g/mol. The summed E-state index contributed by atoms with van der Waals surface area (Å²) in [7, 11) is -0.755. The van der Waals surface area contributed by atoms with Crippen molar-refractivity contribution in [2.24, 2.45) is 0 Å². The maximum Gasteiger partial charge on any atom is 0.264 e. The molecule has 0 aliphatic rings. The normalized spacial score (nSPS) is 10.7. The Labute approximate surface area is 124 Å². The first-order valence-electron chi connectivity index (χ1n) is 6.13. The van der Waals surface area contributed by atoms with Gasteiger partial charge < -0.3 is 4.74 Å². The summed E-state index contributed by atoms with van der Waals surface area (Å²) in [6.07, 6.45) is 0. The molecule has 0 amide bonds. The van der Waals surface area contributed by atoms with Gasteiger partial charge in [0.15, 0.2) is 0 Å². The minimum absolute atomic E-state index is 0.120. The fourth-order valence-corrected chi connectivity index (χ4v) is 3.08. The van der Waals surface area contributed by atoms with Crippen molar-refractivity contribution in [2.75, 3.05) is 18.5 Å². The quantitative estimate of drug-likeness (QED) is 0.869. The van der Waals surface area contributed by atoms with Crippen molar-refractivity contribution < 1.29 is 13.2 Å². The van der Waals surface area contributed by atoms with Crippen LogP contribution in [-0.2, 0) is 10.0 Å². The van der Waals surface area contributed by atoms with Gasteiger partial charge in [-0.05, 0) is 36.4 Å². The van der Waals surface area contributed by atoms with Crippen LogP contribution in [0.15, 0.2) is 53.4 Å². The van der Waals surface area contributed by atoms with Crippen LogP contribution in [0.3, 0.4) is 0 Å². The number of nitriles is 1. The maximum absolute atomic E-state index is 12.6. The van der Waals surface area contributed by atoms with Crippen molar-refractivity contribution in [1.29, 1.82) is 5.26 Å². The summed E-state index contributed by atoms with van der Waals surface area (Å²) in [6.45, 7) is 0. The van der Waals surface area contributed by atoms with E-state index in [2.05, 4.69) is 0 Å². The maximum atomic E-state index is 12.6. The third-order valence-corrected chi connectivity index (χ3v) is 4.85. The molecule has 0 spiro atoms. The first-order valence-corrected chi connectivity index (χ1v) is 7.57. The fraction of sp³-hybridized carbons (Fsp3) is 0.133. The zero-order valence-corrected chi connectivity index (χ0v) is 12.5. The molecule has 0 aliphatic carbocycles. The van der Waals surface area contributed by atoms with Gasteiger partial charge >= 0.3 is 0 Å². The second-order valence-corrected chi connectivity index (χ2v) is 6.25. The van der Waals surface area contributed by atoms with Gasteiger partial charge in [-0.1, -0.05) is 12.1 Å². The van der Waals surface area contributed by atoms with Gasteiger partial charge in [-0.2, -0.15) is 5.26 Å². The molecule has 0 unspecified atom stereocenters. The molecule has 2 aromatic rings. The fourth-order valence-electron chi connectivity index (χ4n) is 1.88. The summed E-state index contributed by atoms with van der Waals surface area (Å²) in [5.41, 5.74) is 0.859. The highest BCUT2D eigenvalue weighted by atomic mass is 32.2. The molecule has 0 saturated carbocycles. The lowest BCUT2D eigenvalue weighted by Crippen LogP contribution is -2.26. The van der Waals surface area contributed by atoms with Crippen LogP contribution >= 0.6 is 0 Å². The predicted molar refractivity (Wildman–Crippen MR) is 79.7 cm³/mol. The Hall–Kier alpha value is -2.52. The Morgan fingerprint density at radius 2 is 1.71 bits per heavy atom. The van der Waals surface area contributed by atoms with Gasteiger partial charge in [-0.25, -0.2) is 8.42 Å². The van der Waals surface area contributed by atoms with Crippen molar-refractivity contribution in [3.63, 3.8) is 0 Å². The third kappa shape index (κ3) is 2.83. The molecule has 6 heteroatoms. The van der Waals surface area contributed by atoms with E-state index >= 15 is 0 Å². The van der Waals surface area contributed by atoms with E-state index in [-0.39, 0.29) is 4.90 Å². The molecule has 0 heterocycles. The van der Waals surface area contributed by atoms with Gasteiger partial charge in [-0.3, -0.25) is 4.31 Å². The van der Waals surface area contributed by atoms with Crippen LogP contribution in [-0.4, -0.2) is 22.6 Å². The molecule has 0 aromatic heterocycles. The number of sulfonamides is 1. The van der Waals surface area contributed by atoms with Gasteiger partial charge in [0, 0.05) is 7.05 Å². The SMILES string of the molecule is COc1ccccc1N(C)S(=O)(=O)c1ccc(C#N)cc1. The summed E-state index contributed by atoms with van der Waals surface area (Å²) < 4.78 is 31.5. The summed E-state index contributed by atoms with van der Waals surface area (Å²) in [6, 6.07) is 14.6. The standard InChI is InChI=1S/C15H14N2O3S/c1-17(14-5-3-4-6-15(14)20-2)21(18,19)13-9-7-12(11-16)8-10-13/h3-10H,1-2H3. The molecule has 5 nitrogen and oxygen atoms in total. The number of ether oxygens (including phenoxy) is 1. The molecule has 2 rings (SSSR count). The number of anilines is 1. The summed E-state index contributed by atoms with van der Waals surface area (Å²) in [4.78, 5) is 0.120. The largest absolute Gasteiger partial charge is 0.495 e. The molecule has 0 fully saturated rings. The molecule has 0 bridgehead atoms. The minimum Gasteiger partial charge on any atom is -0.495 e. The van der Waals surface area contributed by atoms with Crippen LogP contribution in [0.25, 0.3) is 0 Å². The monoisotopic (exact) mass is 302 g/mol. The number of nitrogens with zero attached hydrogens (tertiary/aromatic N) is 2. The van der Waals surface area contributed by atoms with E-state index in [9.17, 15) is 8.42 Å². The van der Waals surface area contributed by atoms with Crippen molar-refractivity contribution in [3.8, 4) is 11.8 Å². The summed E-state index contributed by atoms with van der Waals surface area (Å²) >= 11 is 0. The molecule has 0 aliphatic heterocycles. The first kappa shape index (κ1) is 14.9. The Morgan fingerprint density at radius 1 is 1.10 bits per heavy atom. The average molecular weight is 302 g/mol. The summed E-state index contributed by atoms with van der Waals surface area (Å²) in [5, 5.41) is 8.76. The number of rotatable bonds is 4. The smallest absolute Gasteiger partial charge is 0.264 e. The van der Waals surface area contributed by atoms with Crippen molar-refractivity contribution in [3.05, 3.63) is 54.1 Å². The molecular formula is C15H14N2O3S. The lowest BCUT2D eigenvalue weighted by atomic mass is 10.2. The van der Waals surface area contributed by atoms with Crippen molar-refractivity contribution >= 4 is 15.7 Å². The second-order valence-electron chi connectivity index (χ2n) is 4.28. The van der Waals surface area contributed by atoms with Gasteiger partial charge in [0.1, 0.15) is 5.75 Å². The zero-order chi connectivity index (χ0) is 15.5. The Kier molecular flexibility index (Phi) is 4.15. The highest BCUT2D eigenvalue weighted by molar-refractivity contribution is 7.92. The summed E-state index contributed by atoms with van der Waals surface area (Å²) in [5.74, 6) is 0.470. The predicted octanol–water partition coefficient (Wildman–Crippen LogP) is 2.39. The number of hydrogen-bond acceptors (Lipinski definition) is 4. The van der Waals surface area contributed by atoms with Gasteiger partial charge in [0.05, 0.1) is 29.3 Å². The van der Waals surface area contributed by atoms with Crippen molar-refractivity contribution in [2.45, 2.75) is 4.90 Å². The molecule has 21 heavy (non-hydrogen) atoms. The molecule has 0 atom stereocenters. The van der Waals surface area contributed by atoms with E-state index in [1.165, 1.54) is 38.4 Å². The van der Waals surface area contributed by atoms with Crippen LogP contribution in [0, 0.1) is 11.3 Å². The number of methoxy groups -OCH3 is 1. The van der Waals surface area contributed by atoms with Crippen LogP contribution < -0.4 is 9.04 Å². The molecule has 108 valence electrons. The van der Waals surface area contributed by atoms with Gasteiger partial charge in [-0.15, -0.1) is 0 Å². The van der Waals surface area contributed by atoms with Crippen LogP contribution in [0.2, 0.25) is 0 Å². The molecule has 0 saturated heterocycles. The lowest BCUT2D eigenvalue weighted by Gasteiger charge is -2.21. The van der Waals surface area contributed by atoms with E-state index in [0.29, 0.717) is 17.0 Å². The van der Waals surface area contributed by atoms with Crippen LogP contribution in [0.5, 0.6) is 5.75 Å².